The highest BCUT2D eigenvalue weighted by Gasteiger charge is 2.16. The van der Waals surface area contributed by atoms with Crippen LogP contribution in [0.4, 0.5) is 0 Å². The summed E-state index contributed by atoms with van der Waals surface area (Å²) in [6.45, 7) is 7.75. The van der Waals surface area contributed by atoms with Crippen molar-refractivity contribution in [3.63, 3.8) is 0 Å². The molecule has 3 nitrogen and oxygen atoms in total. The molecule has 0 aliphatic rings. The highest BCUT2D eigenvalue weighted by molar-refractivity contribution is 5.78. The largest absolute Gasteiger partial charge is 0.333 e. The fraction of sp³-hybridized carbons (Fsp3) is 0.350. The number of amides is 1. The Morgan fingerprint density at radius 2 is 1.22 bits per heavy atom. The lowest BCUT2D eigenvalue weighted by atomic mass is 10.1. The molecule has 0 saturated carbocycles. The van der Waals surface area contributed by atoms with Crippen molar-refractivity contribution >= 4 is 5.91 Å². The Kier molecular flexibility index (Phi) is 6.82. The van der Waals surface area contributed by atoms with Crippen molar-refractivity contribution in [1.82, 2.24) is 9.80 Å². The van der Waals surface area contributed by atoms with Crippen molar-refractivity contribution in [2.24, 2.45) is 0 Å². The molecule has 0 N–H and O–H groups in total. The van der Waals surface area contributed by atoms with E-state index in [0.717, 1.165) is 24.2 Å². The smallest absolute Gasteiger partial charge is 0.237 e. The molecule has 122 valence electrons. The molecule has 1 amide bonds. The van der Waals surface area contributed by atoms with Crippen molar-refractivity contribution in [2.45, 2.75) is 26.9 Å². The normalized spacial score (nSPS) is 10.7. The minimum Gasteiger partial charge on any atom is -0.333 e. The second-order valence-corrected chi connectivity index (χ2v) is 5.68. The molecule has 0 unspecified atom stereocenters. The molecule has 3 heteroatoms. The van der Waals surface area contributed by atoms with Crippen molar-refractivity contribution in [1.29, 1.82) is 0 Å². The molecular weight excluding hydrogens is 284 g/mol. The third-order valence-electron chi connectivity index (χ3n) is 4.04. The molecule has 2 rings (SSSR count). The van der Waals surface area contributed by atoms with E-state index in [4.69, 9.17) is 0 Å². The lowest BCUT2D eigenvalue weighted by molar-refractivity contribution is -0.133. The molecule has 2 aromatic rings. The first-order valence-corrected chi connectivity index (χ1v) is 8.31. The fourth-order valence-electron chi connectivity index (χ4n) is 2.58. The summed E-state index contributed by atoms with van der Waals surface area (Å²) in [7, 11) is 0. The first-order chi connectivity index (χ1) is 11.2. The van der Waals surface area contributed by atoms with E-state index in [0.29, 0.717) is 19.6 Å². The fourth-order valence-corrected chi connectivity index (χ4v) is 2.58. The lowest BCUT2D eigenvalue weighted by Crippen LogP contribution is -2.39. The van der Waals surface area contributed by atoms with Crippen LogP contribution in [0.5, 0.6) is 0 Å². The standard InChI is InChI=1S/C20H26N2O/c1-3-21(4-2)17-20(23)22(15-18-11-7-5-8-12-18)16-19-13-9-6-10-14-19/h5-14H,3-4,15-17H2,1-2H3. The Bertz CT molecular complexity index is 538. The van der Waals surface area contributed by atoms with Crippen LogP contribution in [0.2, 0.25) is 0 Å². The van der Waals surface area contributed by atoms with Crippen LogP contribution in [-0.4, -0.2) is 35.3 Å². The third kappa shape index (κ3) is 5.53. The third-order valence-corrected chi connectivity index (χ3v) is 4.04. The van der Waals surface area contributed by atoms with E-state index < -0.39 is 0 Å². The summed E-state index contributed by atoms with van der Waals surface area (Å²) in [6.07, 6.45) is 0. The van der Waals surface area contributed by atoms with Gasteiger partial charge in [-0.05, 0) is 24.2 Å². The minimum absolute atomic E-state index is 0.182. The summed E-state index contributed by atoms with van der Waals surface area (Å²) in [4.78, 5) is 16.9. The first kappa shape index (κ1) is 17.2. The number of hydrogen-bond acceptors (Lipinski definition) is 2. The Morgan fingerprint density at radius 1 is 0.783 bits per heavy atom. The van der Waals surface area contributed by atoms with Crippen LogP contribution in [0.3, 0.4) is 0 Å². The van der Waals surface area contributed by atoms with Crippen molar-refractivity contribution in [3.8, 4) is 0 Å². The molecule has 0 saturated heterocycles. The Morgan fingerprint density at radius 3 is 1.61 bits per heavy atom. The highest BCUT2D eigenvalue weighted by atomic mass is 16.2. The van der Waals surface area contributed by atoms with Crippen molar-refractivity contribution in [2.75, 3.05) is 19.6 Å². The number of hydrogen-bond donors (Lipinski definition) is 0. The van der Waals surface area contributed by atoms with Crippen molar-refractivity contribution < 1.29 is 4.79 Å². The quantitative estimate of drug-likeness (QED) is 0.744. The zero-order valence-corrected chi connectivity index (χ0v) is 14.1. The molecule has 0 spiro atoms. The van der Waals surface area contributed by atoms with Gasteiger partial charge in [-0.25, -0.2) is 0 Å². The van der Waals surface area contributed by atoms with Crippen LogP contribution >= 0.6 is 0 Å². The molecule has 23 heavy (non-hydrogen) atoms. The number of carbonyl (C=O) groups is 1. The molecule has 0 atom stereocenters. The van der Waals surface area contributed by atoms with Gasteiger partial charge in [0.1, 0.15) is 0 Å². The molecule has 0 fully saturated rings. The minimum atomic E-state index is 0.182. The van der Waals surface area contributed by atoms with Gasteiger partial charge in [0.25, 0.3) is 0 Å². The molecule has 0 bridgehead atoms. The zero-order valence-electron chi connectivity index (χ0n) is 14.1. The lowest BCUT2D eigenvalue weighted by Gasteiger charge is -2.26. The summed E-state index contributed by atoms with van der Waals surface area (Å²) >= 11 is 0. The summed E-state index contributed by atoms with van der Waals surface area (Å²) in [6, 6.07) is 20.4. The summed E-state index contributed by atoms with van der Waals surface area (Å²) < 4.78 is 0. The first-order valence-electron chi connectivity index (χ1n) is 8.31. The number of rotatable bonds is 8. The average molecular weight is 310 g/mol. The number of benzene rings is 2. The average Bonchev–Trinajstić information content (AvgIpc) is 2.60. The van der Waals surface area contributed by atoms with Gasteiger partial charge in [-0.3, -0.25) is 9.69 Å². The molecule has 2 aromatic carbocycles. The molecular formula is C20H26N2O. The Hall–Kier alpha value is -2.13. The topological polar surface area (TPSA) is 23.6 Å². The number of likely N-dealkylation sites (N-methyl/N-ethyl adjacent to an activating group) is 1. The summed E-state index contributed by atoms with van der Waals surface area (Å²) in [5.74, 6) is 0.182. The van der Waals surface area contributed by atoms with Crippen LogP contribution in [0.15, 0.2) is 60.7 Å². The van der Waals surface area contributed by atoms with Crippen LogP contribution in [0, 0.1) is 0 Å². The number of nitrogens with zero attached hydrogens (tertiary/aromatic N) is 2. The molecule has 0 aliphatic carbocycles. The van der Waals surface area contributed by atoms with Gasteiger partial charge in [-0.15, -0.1) is 0 Å². The maximum Gasteiger partial charge on any atom is 0.237 e. The van der Waals surface area contributed by atoms with Gasteiger partial charge in [-0.1, -0.05) is 74.5 Å². The van der Waals surface area contributed by atoms with E-state index in [1.165, 1.54) is 0 Å². The van der Waals surface area contributed by atoms with E-state index in [-0.39, 0.29) is 5.91 Å². The Labute approximate surface area is 139 Å². The van der Waals surface area contributed by atoms with Crippen LogP contribution in [-0.2, 0) is 17.9 Å². The van der Waals surface area contributed by atoms with E-state index in [1.54, 1.807) is 0 Å². The van der Waals surface area contributed by atoms with Crippen LogP contribution < -0.4 is 0 Å². The van der Waals surface area contributed by atoms with Gasteiger partial charge in [0.2, 0.25) is 5.91 Å². The molecule has 0 radical (unpaired) electrons. The molecule has 0 aromatic heterocycles. The van der Waals surface area contributed by atoms with Gasteiger partial charge in [0.05, 0.1) is 6.54 Å². The summed E-state index contributed by atoms with van der Waals surface area (Å²) in [5.41, 5.74) is 2.33. The van der Waals surface area contributed by atoms with E-state index in [1.807, 2.05) is 41.3 Å². The van der Waals surface area contributed by atoms with Crippen LogP contribution in [0.1, 0.15) is 25.0 Å². The van der Waals surface area contributed by atoms with Crippen LogP contribution in [0.25, 0.3) is 0 Å². The van der Waals surface area contributed by atoms with Gasteiger partial charge >= 0.3 is 0 Å². The predicted octanol–water partition coefficient (Wildman–Crippen LogP) is 3.56. The van der Waals surface area contributed by atoms with Gasteiger partial charge in [-0.2, -0.15) is 0 Å². The van der Waals surface area contributed by atoms with Gasteiger partial charge < -0.3 is 4.90 Å². The molecule has 0 heterocycles. The van der Waals surface area contributed by atoms with Crippen molar-refractivity contribution in [3.05, 3.63) is 71.8 Å². The second kappa shape index (κ2) is 9.11. The maximum absolute atomic E-state index is 12.8. The van der Waals surface area contributed by atoms with Gasteiger partial charge in [0, 0.05) is 13.1 Å². The second-order valence-electron chi connectivity index (χ2n) is 5.68. The van der Waals surface area contributed by atoms with E-state index >= 15 is 0 Å². The molecule has 0 aliphatic heterocycles. The SMILES string of the molecule is CCN(CC)CC(=O)N(Cc1ccccc1)Cc1ccccc1. The van der Waals surface area contributed by atoms with E-state index in [2.05, 4.69) is 43.0 Å². The van der Waals surface area contributed by atoms with E-state index in [9.17, 15) is 4.79 Å². The monoisotopic (exact) mass is 310 g/mol. The number of carbonyl (C=O) groups excluding carboxylic acids is 1. The summed E-state index contributed by atoms with van der Waals surface area (Å²) in [5, 5.41) is 0. The zero-order chi connectivity index (χ0) is 16.5. The van der Waals surface area contributed by atoms with Gasteiger partial charge in [0.15, 0.2) is 0 Å². The Balaban J connectivity index is 2.11. The predicted molar refractivity (Wildman–Crippen MR) is 94.9 cm³/mol. The maximum atomic E-state index is 12.8. The highest BCUT2D eigenvalue weighted by Crippen LogP contribution is 2.11.